The fraction of sp³-hybridized carbons (Fsp3) is 0.435. The van der Waals surface area contributed by atoms with Crippen LogP contribution in [-0.4, -0.2) is 23.9 Å². The Bertz CT molecular complexity index is 805. The van der Waals surface area contributed by atoms with E-state index in [4.69, 9.17) is 11.6 Å². The number of carbonyl (C=O) groups is 1. The van der Waals surface area contributed by atoms with E-state index >= 15 is 0 Å². The maximum atomic E-state index is 12.8. The Hall–Kier alpha value is -1.84. The third kappa shape index (κ3) is 5.12. The summed E-state index contributed by atoms with van der Waals surface area (Å²) in [5.41, 5.74) is 4.83. The quantitative estimate of drug-likeness (QED) is 0.782. The zero-order valence-corrected chi connectivity index (χ0v) is 17.2. The standard InChI is InChI=1S/C23H29ClN2O/c1-16-10-11-19(13-17(16)2)18(3)25-23(27)21-8-6-12-26(15-21)14-20-7-4-5-9-22(20)24/h4-5,7,9-11,13,18,21H,6,8,12,14-15H2,1-3H3,(H,25,27)/t18-,21-/m1/s1. The summed E-state index contributed by atoms with van der Waals surface area (Å²) in [5, 5.41) is 4.02. The van der Waals surface area contributed by atoms with Gasteiger partial charge in [-0.3, -0.25) is 9.69 Å². The predicted molar refractivity (Wildman–Crippen MR) is 112 cm³/mol. The minimum atomic E-state index is 0.0238. The molecule has 0 unspecified atom stereocenters. The number of benzene rings is 2. The van der Waals surface area contributed by atoms with Crippen molar-refractivity contribution in [1.29, 1.82) is 0 Å². The number of nitrogens with zero attached hydrogens (tertiary/aromatic N) is 1. The molecule has 2 aromatic rings. The Balaban J connectivity index is 1.59. The third-order valence-electron chi connectivity index (χ3n) is 5.62. The van der Waals surface area contributed by atoms with Gasteiger partial charge in [-0.25, -0.2) is 0 Å². The minimum Gasteiger partial charge on any atom is -0.349 e. The number of piperidine rings is 1. The molecule has 1 aliphatic rings. The Morgan fingerprint density at radius 1 is 1.22 bits per heavy atom. The monoisotopic (exact) mass is 384 g/mol. The third-order valence-corrected chi connectivity index (χ3v) is 5.99. The van der Waals surface area contributed by atoms with Crippen LogP contribution in [0.25, 0.3) is 0 Å². The molecule has 27 heavy (non-hydrogen) atoms. The van der Waals surface area contributed by atoms with Gasteiger partial charge in [0.25, 0.3) is 0 Å². The zero-order chi connectivity index (χ0) is 19.4. The van der Waals surface area contributed by atoms with Gasteiger partial charge in [-0.2, -0.15) is 0 Å². The van der Waals surface area contributed by atoms with E-state index in [1.165, 1.54) is 11.1 Å². The Morgan fingerprint density at radius 2 is 2.00 bits per heavy atom. The van der Waals surface area contributed by atoms with Crippen molar-refractivity contribution in [1.82, 2.24) is 10.2 Å². The first kappa shape index (κ1) is 19.9. The summed E-state index contributed by atoms with van der Waals surface area (Å²) in [7, 11) is 0. The van der Waals surface area contributed by atoms with Gasteiger partial charge in [0.15, 0.2) is 0 Å². The molecule has 1 heterocycles. The summed E-state index contributed by atoms with van der Waals surface area (Å²) < 4.78 is 0. The lowest BCUT2D eigenvalue weighted by Gasteiger charge is -2.33. The Labute approximate surface area is 167 Å². The molecular formula is C23H29ClN2O. The van der Waals surface area contributed by atoms with E-state index < -0.39 is 0 Å². The number of likely N-dealkylation sites (tertiary alicyclic amines) is 1. The van der Waals surface area contributed by atoms with Crippen LogP contribution in [-0.2, 0) is 11.3 Å². The van der Waals surface area contributed by atoms with Crippen LogP contribution in [0.5, 0.6) is 0 Å². The molecule has 1 N–H and O–H groups in total. The zero-order valence-electron chi connectivity index (χ0n) is 16.5. The number of amides is 1. The van der Waals surface area contributed by atoms with Crippen LogP contribution >= 0.6 is 11.6 Å². The predicted octanol–water partition coefficient (Wildman–Crippen LogP) is 5.05. The fourth-order valence-electron chi connectivity index (χ4n) is 3.73. The molecule has 0 saturated carbocycles. The van der Waals surface area contributed by atoms with Crippen molar-refractivity contribution in [3.63, 3.8) is 0 Å². The summed E-state index contributed by atoms with van der Waals surface area (Å²) >= 11 is 6.30. The van der Waals surface area contributed by atoms with Gasteiger partial charge in [0, 0.05) is 18.1 Å². The highest BCUT2D eigenvalue weighted by atomic mass is 35.5. The number of hydrogen-bond acceptors (Lipinski definition) is 2. The number of rotatable bonds is 5. The van der Waals surface area contributed by atoms with Crippen LogP contribution < -0.4 is 5.32 Å². The van der Waals surface area contributed by atoms with Gasteiger partial charge < -0.3 is 5.32 Å². The normalized spacial score (nSPS) is 18.9. The smallest absolute Gasteiger partial charge is 0.224 e. The van der Waals surface area contributed by atoms with Gasteiger partial charge in [-0.1, -0.05) is 48.0 Å². The van der Waals surface area contributed by atoms with E-state index in [1.807, 2.05) is 18.2 Å². The van der Waals surface area contributed by atoms with E-state index in [9.17, 15) is 4.79 Å². The van der Waals surface area contributed by atoms with Crippen LogP contribution in [0.15, 0.2) is 42.5 Å². The number of nitrogens with one attached hydrogen (secondary N) is 1. The summed E-state index contributed by atoms with van der Waals surface area (Å²) in [6.45, 7) is 8.89. The van der Waals surface area contributed by atoms with Crippen LogP contribution in [0, 0.1) is 19.8 Å². The van der Waals surface area contributed by atoms with Gasteiger partial charge in [0.05, 0.1) is 12.0 Å². The van der Waals surface area contributed by atoms with E-state index in [0.29, 0.717) is 0 Å². The molecule has 1 amide bonds. The molecule has 1 aliphatic heterocycles. The van der Waals surface area contributed by atoms with E-state index in [2.05, 4.69) is 55.3 Å². The maximum Gasteiger partial charge on any atom is 0.224 e. The molecule has 144 valence electrons. The first-order valence-corrected chi connectivity index (χ1v) is 10.1. The van der Waals surface area contributed by atoms with E-state index in [0.717, 1.165) is 48.6 Å². The molecule has 1 fully saturated rings. The molecule has 0 aromatic heterocycles. The molecule has 0 radical (unpaired) electrons. The van der Waals surface area contributed by atoms with Gasteiger partial charge in [0.2, 0.25) is 5.91 Å². The summed E-state index contributed by atoms with van der Waals surface area (Å²) in [6.07, 6.45) is 1.99. The van der Waals surface area contributed by atoms with Crippen molar-refractivity contribution in [3.05, 3.63) is 69.7 Å². The first-order valence-electron chi connectivity index (χ1n) is 9.77. The minimum absolute atomic E-state index is 0.0238. The van der Waals surface area contributed by atoms with E-state index in [1.54, 1.807) is 0 Å². The second kappa shape index (κ2) is 8.90. The van der Waals surface area contributed by atoms with Crippen LogP contribution in [0.4, 0.5) is 0 Å². The number of aryl methyl sites for hydroxylation is 2. The topological polar surface area (TPSA) is 32.3 Å². The maximum absolute atomic E-state index is 12.8. The molecule has 4 heteroatoms. The van der Waals surface area contributed by atoms with Crippen molar-refractivity contribution in [2.75, 3.05) is 13.1 Å². The van der Waals surface area contributed by atoms with Crippen molar-refractivity contribution < 1.29 is 4.79 Å². The fourth-order valence-corrected chi connectivity index (χ4v) is 3.92. The largest absolute Gasteiger partial charge is 0.349 e. The molecule has 3 rings (SSSR count). The highest BCUT2D eigenvalue weighted by molar-refractivity contribution is 6.31. The average molecular weight is 385 g/mol. The molecule has 0 bridgehead atoms. The molecule has 2 atom stereocenters. The Kier molecular flexibility index (Phi) is 6.56. The summed E-state index contributed by atoms with van der Waals surface area (Å²) in [5.74, 6) is 0.194. The molecular weight excluding hydrogens is 356 g/mol. The van der Waals surface area contributed by atoms with Crippen molar-refractivity contribution >= 4 is 17.5 Å². The average Bonchev–Trinajstić information content (AvgIpc) is 2.66. The SMILES string of the molecule is Cc1ccc([C@@H](C)NC(=O)[C@@H]2CCCN(Cc3ccccc3Cl)C2)cc1C. The second-order valence-corrected chi connectivity index (χ2v) is 8.15. The van der Waals surface area contributed by atoms with Gasteiger partial charge >= 0.3 is 0 Å². The lowest BCUT2D eigenvalue weighted by Crippen LogP contribution is -2.43. The van der Waals surface area contributed by atoms with Gasteiger partial charge in [-0.05, 0) is 68.5 Å². The van der Waals surface area contributed by atoms with Gasteiger partial charge in [0.1, 0.15) is 0 Å². The molecule has 0 aliphatic carbocycles. The highest BCUT2D eigenvalue weighted by Crippen LogP contribution is 2.23. The van der Waals surface area contributed by atoms with Crippen LogP contribution in [0.2, 0.25) is 5.02 Å². The molecule has 3 nitrogen and oxygen atoms in total. The van der Waals surface area contributed by atoms with Crippen molar-refractivity contribution in [2.45, 2.75) is 46.2 Å². The lowest BCUT2D eigenvalue weighted by atomic mass is 9.95. The van der Waals surface area contributed by atoms with Crippen LogP contribution in [0.1, 0.15) is 48.1 Å². The summed E-state index contributed by atoms with van der Waals surface area (Å²) in [6, 6.07) is 14.4. The van der Waals surface area contributed by atoms with Gasteiger partial charge in [-0.15, -0.1) is 0 Å². The van der Waals surface area contributed by atoms with Crippen molar-refractivity contribution in [2.24, 2.45) is 5.92 Å². The summed E-state index contributed by atoms with van der Waals surface area (Å²) in [4.78, 5) is 15.2. The number of halogens is 1. The number of hydrogen-bond donors (Lipinski definition) is 1. The lowest BCUT2D eigenvalue weighted by molar-refractivity contribution is -0.127. The van der Waals surface area contributed by atoms with Crippen LogP contribution in [0.3, 0.4) is 0 Å². The second-order valence-electron chi connectivity index (χ2n) is 7.74. The molecule has 0 spiro atoms. The number of carbonyl (C=O) groups excluding carboxylic acids is 1. The Morgan fingerprint density at radius 3 is 2.74 bits per heavy atom. The van der Waals surface area contributed by atoms with E-state index in [-0.39, 0.29) is 17.9 Å². The van der Waals surface area contributed by atoms with Crippen molar-refractivity contribution in [3.8, 4) is 0 Å². The highest BCUT2D eigenvalue weighted by Gasteiger charge is 2.27. The molecule has 2 aromatic carbocycles. The first-order chi connectivity index (χ1) is 12.9. The molecule has 1 saturated heterocycles.